The Labute approximate surface area is 151 Å². The van der Waals surface area contributed by atoms with Gasteiger partial charge in [0.05, 0.1) is 21.3 Å². The lowest BCUT2D eigenvalue weighted by Gasteiger charge is -2.41. The Kier molecular flexibility index (Phi) is 6.43. The minimum Gasteiger partial charge on any atom is -0.493 e. The lowest BCUT2D eigenvalue weighted by Crippen LogP contribution is -2.47. The Bertz CT molecular complexity index is 534. The summed E-state index contributed by atoms with van der Waals surface area (Å²) in [7, 11) is 5.09. The van der Waals surface area contributed by atoms with Crippen LogP contribution in [-0.2, 0) is 0 Å². The molecule has 0 amide bonds. The van der Waals surface area contributed by atoms with Gasteiger partial charge in [0.25, 0.3) is 0 Å². The van der Waals surface area contributed by atoms with E-state index in [0.29, 0.717) is 17.7 Å². The van der Waals surface area contributed by atoms with E-state index in [9.17, 15) is 0 Å². The normalized spacial score (nSPS) is 20.9. The molecule has 0 aromatic heterocycles. The second-order valence-corrected chi connectivity index (χ2v) is 7.05. The van der Waals surface area contributed by atoms with Crippen molar-refractivity contribution < 1.29 is 14.2 Å². The number of methoxy groups -OCH3 is 3. The van der Waals surface area contributed by atoms with Gasteiger partial charge in [-0.15, -0.1) is 0 Å². The Morgan fingerprint density at radius 1 is 0.920 bits per heavy atom. The average Bonchev–Trinajstić information content (AvgIpc) is 2.69. The summed E-state index contributed by atoms with van der Waals surface area (Å²) in [5.41, 5.74) is 1.24. The van der Waals surface area contributed by atoms with Gasteiger partial charge in [-0.25, -0.2) is 0 Å². The van der Waals surface area contributed by atoms with Crippen molar-refractivity contribution >= 4 is 0 Å². The maximum absolute atomic E-state index is 5.83. The molecule has 1 aromatic rings. The predicted octanol–water partition coefficient (Wildman–Crippen LogP) is 3.24. The zero-order valence-electron chi connectivity index (χ0n) is 15.8. The van der Waals surface area contributed by atoms with Crippen molar-refractivity contribution in [1.29, 1.82) is 0 Å². The summed E-state index contributed by atoms with van der Waals surface area (Å²) in [5.74, 6) is 2.94. The zero-order chi connectivity index (χ0) is 17.6. The van der Waals surface area contributed by atoms with E-state index >= 15 is 0 Å². The smallest absolute Gasteiger partial charge is 0.203 e. The van der Waals surface area contributed by atoms with Crippen molar-refractivity contribution in [3.05, 3.63) is 17.7 Å². The minimum absolute atomic E-state index is 0.386. The molecule has 0 unspecified atom stereocenters. The zero-order valence-corrected chi connectivity index (χ0v) is 15.8. The Hall–Kier alpha value is -1.46. The highest BCUT2D eigenvalue weighted by Gasteiger charge is 2.34. The molecule has 1 aromatic carbocycles. The van der Waals surface area contributed by atoms with E-state index in [1.54, 1.807) is 21.3 Å². The van der Waals surface area contributed by atoms with Crippen molar-refractivity contribution in [2.45, 2.75) is 38.1 Å². The van der Waals surface area contributed by atoms with Crippen molar-refractivity contribution in [2.24, 2.45) is 5.92 Å². The fourth-order valence-electron chi connectivity index (χ4n) is 4.52. The fraction of sp³-hybridized carbons (Fsp3) is 0.700. The van der Waals surface area contributed by atoms with Crippen LogP contribution in [0, 0.1) is 5.92 Å². The first-order valence-electron chi connectivity index (χ1n) is 9.53. The average molecular weight is 348 g/mol. The lowest BCUT2D eigenvalue weighted by atomic mass is 9.79. The Morgan fingerprint density at radius 3 is 2.20 bits per heavy atom. The number of ether oxygens (including phenoxy) is 3. The summed E-state index contributed by atoms with van der Waals surface area (Å²) in [4.78, 5) is 2.64. The molecule has 2 fully saturated rings. The molecule has 1 heterocycles. The van der Waals surface area contributed by atoms with Crippen LogP contribution in [0.25, 0.3) is 0 Å². The third kappa shape index (κ3) is 3.87. The van der Waals surface area contributed by atoms with E-state index in [-0.39, 0.29) is 0 Å². The molecule has 2 aliphatic rings. The highest BCUT2D eigenvalue weighted by Crippen LogP contribution is 2.47. The van der Waals surface area contributed by atoms with Crippen LogP contribution in [0.5, 0.6) is 17.2 Å². The third-order valence-electron chi connectivity index (χ3n) is 5.69. The second-order valence-electron chi connectivity index (χ2n) is 7.05. The van der Waals surface area contributed by atoms with Crippen LogP contribution in [0.1, 0.15) is 43.7 Å². The van der Waals surface area contributed by atoms with Crippen LogP contribution in [0.3, 0.4) is 0 Å². The predicted molar refractivity (Wildman–Crippen MR) is 99.9 cm³/mol. The summed E-state index contributed by atoms with van der Waals surface area (Å²) in [6, 6.07) is 4.59. The van der Waals surface area contributed by atoms with E-state index in [1.807, 2.05) is 6.07 Å². The van der Waals surface area contributed by atoms with Gasteiger partial charge in [0.1, 0.15) is 0 Å². The van der Waals surface area contributed by atoms with Crippen LogP contribution >= 0.6 is 0 Å². The highest BCUT2D eigenvalue weighted by molar-refractivity contribution is 5.56. The quantitative estimate of drug-likeness (QED) is 0.855. The van der Waals surface area contributed by atoms with Gasteiger partial charge in [-0.1, -0.05) is 19.3 Å². The second kappa shape index (κ2) is 8.77. The number of hydrogen-bond acceptors (Lipinski definition) is 5. The summed E-state index contributed by atoms with van der Waals surface area (Å²) in [6.07, 6.45) is 6.64. The van der Waals surface area contributed by atoms with Crippen LogP contribution < -0.4 is 19.5 Å². The molecular weight excluding hydrogens is 316 g/mol. The maximum Gasteiger partial charge on any atom is 0.203 e. The summed E-state index contributed by atoms with van der Waals surface area (Å²) in [6.45, 7) is 4.27. The van der Waals surface area contributed by atoms with Crippen molar-refractivity contribution in [2.75, 3.05) is 47.5 Å². The number of nitrogens with one attached hydrogen (secondary N) is 1. The summed E-state index contributed by atoms with van der Waals surface area (Å²) in [5, 5.41) is 3.48. The van der Waals surface area contributed by atoms with Crippen molar-refractivity contribution in [3.8, 4) is 17.2 Å². The Morgan fingerprint density at radius 2 is 1.60 bits per heavy atom. The molecule has 1 aliphatic carbocycles. The number of piperazine rings is 1. The first-order chi connectivity index (χ1) is 12.3. The minimum atomic E-state index is 0.386. The maximum atomic E-state index is 5.83. The molecule has 1 N–H and O–H groups in total. The van der Waals surface area contributed by atoms with Crippen molar-refractivity contribution in [1.82, 2.24) is 10.2 Å². The summed E-state index contributed by atoms with van der Waals surface area (Å²) >= 11 is 0. The standard InChI is InChI=1S/C20H32N2O3/c1-23-17-10-9-16(19(24-2)20(17)25-3)18(15-7-5-4-6-8-15)22-13-11-21-12-14-22/h9-10,15,18,21H,4-8,11-14H2,1-3H3/t18-/m0/s1. The van der Waals surface area contributed by atoms with Crippen LogP contribution in [0.2, 0.25) is 0 Å². The van der Waals surface area contributed by atoms with Gasteiger partial charge in [-0.05, 0) is 30.9 Å². The molecule has 1 aliphatic heterocycles. The molecule has 1 atom stereocenters. The molecular formula is C20H32N2O3. The van der Waals surface area contributed by atoms with E-state index in [4.69, 9.17) is 14.2 Å². The van der Waals surface area contributed by atoms with Gasteiger partial charge < -0.3 is 19.5 Å². The first-order valence-corrected chi connectivity index (χ1v) is 9.53. The summed E-state index contributed by atoms with van der Waals surface area (Å²) < 4.78 is 16.9. The van der Waals surface area contributed by atoms with E-state index in [0.717, 1.165) is 37.7 Å². The van der Waals surface area contributed by atoms with Crippen LogP contribution in [-0.4, -0.2) is 52.4 Å². The van der Waals surface area contributed by atoms with E-state index in [2.05, 4.69) is 16.3 Å². The first kappa shape index (κ1) is 18.3. The molecule has 0 radical (unpaired) electrons. The van der Waals surface area contributed by atoms with Crippen molar-refractivity contribution in [3.63, 3.8) is 0 Å². The number of benzene rings is 1. The van der Waals surface area contributed by atoms with Gasteiger partial charge in [-0.3, -0.25) is 4.90 Å². The van der Waals surface area contributed by atoms with Gasteiger partial charge in [-0.2, -0.15) is 0 Å². The molecule has 5 heteroatoms. The van der Waals surface area contributed by atoms with E-state index < -0.39 is 0 Å². The van der Waals surface area contributed by atoms with Crippen LogP contribution in [0.4, 0.5) is 0 Å². The largest absolute Gasteiger partial charge is 0.493 e. The SMILES string of the molecule is COc1ccc([C@H](C2CCCCC2)N2CCNCC2)c(OC)c1OC. The molecule has 1 saturated heterocycles. The van der Waals surface area contributed by atoms with E-state index in [1.165, 1.54) is 37.7 Å². The molecule has 0 bridgehead atoms. The number of hydrogen-bond donors (Lipinski definition) is 1. The van der Waals surface area contributed by atoms with Crippen LogP contribution in [0.15, 0.2) is 12.1 Å². The highest BCUT2D eigenvalue weighted by atomic mass is 16.5. The van der Waals surface area contributed by atoms with Gasteiger partial charge in [0.15, 0.2) is 11.5 Å². The topological polar surface area (TPSA) is 43.0 Å². The molecule has 25 heavy (non-hydrogen) atoms. The molecule has 5 nitrogen and oxygen atoms in total. The molecule has 140 valence electrons. The third-order valence-corrected chi connectivity index (χ3v) is 5.69. The molecule has 1 saturated carbocycles. The number of rotatable bonds is 6. The molecule has 0 spiro atoms. The monoisotopic (exact) mass is 348 g/mol. The molecule has 3 rings (SSSR count). The Balaban J connectivity index is 2.02. The number of nitrogens with zero attached hydrogens (tertiary/aromatic N) is 1. The van der Waals surface area contributed by atoms with Gasteiger partial charge in [0.2, 0.25) is 5.75 Å². The lowest BCUT2D eigenvalue weighted by molar-refractivity contribution is 0.101. The van der Waals surface area contributed by atoms with Gasteiger partial charge in [0, 0.05) is 37.8 Å². The van der Waals surface area contributed by atoms with Gasteiger partial charge >= 0.3 is 0 Å². The fourth-order valence-corrected chi connectivity index (χ4v) is 4.52.